The molecule has 12 nitrogen and oxygen atoms in total. The van der Waals surface area contributed by atoms with E-state index in [0.29, 0.717) is 34.0 Å². The molecule has 182 valence electrons. The number of carboxylic acid groups (broad SMARTS) is 1. The van der Waals surface area contributed by atoms with Crippen molar-refractivity contribution >= 4 is 34.8 Å². The highest BCUT2D eigenvalue weighted by Gasteiger charge is 2.37. The molecule has 0 aliphatic carbocycles. The van der Waals surface area contributed by atoms with Crippen LogP contribution in [0.4, 0.5) is 22.0 Å². The van der Waals surface area contributed by atoms with Crippen LogP contribution in [-0.2, 0) is 6.54 Å². The third kappa shape index (κ3) is 3.67. The lowest BCUT2D eigenvalue weighted by Crippen LogP contribution is -2.35. The second-order valence-electron chi connectivity index (χ2n) is 8.73. The fourth-order valence-electron chi connectivity index (χ4n) is 4.73. The van der Waals surface area contributed by atoms with Gasteiger partial charge in [-0.25, -0.2) is 24.2 Å². The quantitative estimate of drug-likeness (QED) is 0.393. The number of nitrogens with zero attached hydrogens (tertiary/aromatic N) is 7. The van der Waals surface area contributed by atoms with Crippen LogP contribution in [0.15, 0.2) is 49.2 Å². The first-order valence-corrected chi connectivity index (χ1v) is 11.5. The Hall–Kier alpha value is -4.58. The molecule has 0 unspecified atom stereocenters. The largest absolute Gasteiger partial charge is 0.465 e. The molecule has 6 heterocycles. The number of pyridine rings is 2. The lowest BCUT2D eigenvalue weighted by molar-refractivity contribution is 0.0764. The molecule has 2 aliphatic rings. The van der Waals surface area contributed by atoms with Gasteiger partial charge in [0, 0.05) is 42.8 Å². The number of aromatic nitrogens is 5. The Balaban J connectivity index is 1.36. The van der Waals surface area contributed by atoms with Gasteiger partial charge in [-0.05, 0) is 31.0 Å². The molecule has 0 atom stereocenters. The average Bonchev–Trinajstić information content (AvgIpc) is 3.50. The van der Waals surface area contributed by atoms with Crippen molar-refractivity contribution in [1.82, 2.24) is 29.5 Å². The van der Waals surface area contributed by atoms with Gasteiger partial charge < -0.3 is 20.4 Å². The summed E-state index contributed by atoms with van der Waals surface area (Å²) >= 11 is 0. The van der Waals surface area contributed by atoms with E-state index in [1.165, 1.54) is 6.20 Å². The van der Waals surface area contributed by atoms with Gasteiger partial charge in [0.25, 0.3) is 5.91 Å². The van der Waals surface area contributed by atoms with Crippen LogP contribution in [0.2, 0.25) is 0 Å². The van der Waals surface area contributed by atoms with Crippen molar-refractivity contribution in [2.24, 2.45) is 0 Å². The molecule has 0 saturated carbocycles. The normalized spacial score (nSPS) is 16.0. The number of nitrogens with one attached hydrogen (secondary N) is 1. The smallest absolute Gasteiger partial charge is 0.414 e. The summed E-state index contributed by atoms with van der Waals surface area (Å²) in [5, 5.41) is 26.7. The lowest BCUT2D eigenvalue weighted by atomic mass is 10.0. The predicted molar refractivity (Wildman–Crippen MR) is 129 cm³/mol. The van der Waals surface area contributed by atoms with Crippen LogP contribution in [0.3, 0.4) is 0 Å². The zero-order chi connectivity index (χ0) is 24.8. The van der Waals surface area contributed by atoms with Crippen LogP contribution in [0.1, 0.15) is 28.8 Å². The van der Waals surface area contributed by atoms with E-state index in [1.54, 1.807) is 41.4 Å². The number of amides is 2. The molecule has 1 saturated heterocycles. The van der Waals surface area contributed by atoms with E-state index >= 15 is 0 Å². The van der Waals surface area contributed by atoms with E-state index in [2.05, 4.69) is 30.3 Å². The van der Waals surface area contributed by atoms with Crippen molar-refractivity contribution < 1.29 is 19.8 Å². The van der Waals surface area contributed by atoms with Gasteiger partial charge in [-0.1, -0.05) is 0 Å². The van der Waals surface area contributed by atoms with Gasteiger partial charge in [0.05, 0.1) is 47.7 Å². The van der Waals surface area contributed by atoms with Crippen molar-refractivity contribution in [2.75, 3.05) is 23.3 Å². The van der Waals surface area contributed by atoms with E-state index in [9.17, 15) is 19.8 Å². The Morgan fingerprint density at radius 3 is 2.64 bits per heavy atom. The molecule has 1 fully saturated rings. The molecule has 0 spiro atoms. The fraction of sp³-hybridized carbons (Fsp3) is 0.250. The Morgan fingerprint density at radius 1 is 1.06 bits per heavy atom. The number of anilines is 3. The zero-order valence-corrected chi connectivity index (χ0v) is 19.1. The molecule has 36 heavy (non-hydrogen) atoms. The molecule has 6 rings (SSSR count). The molecule has 2 amide bonds. The number of imidazole rings is 1. The molecule has 0 bridgehead atoms. The van der Waals surface area contributed by atoms with Crippen LogP contribution < -0.4 is 10.2 Å². The number of carbonyl (C=O) groups excluding carboxylic acids is 1. The van der Waals surface area contributed by atoms with Gasteiger partial charge in [-0.3, -0.25) is 9.78 Å². The minimum absolute atomic E-state index is 0.121. The molecule has 0 radical (unpaired) electrons. The number of imide groups is 1. The molecule has 12 heteroatoms. The third-order valence-corrected chi connectivity index (χ3v) is 6.58. The number of aliphatic hydroxyl groups excluding tert-OH is 1. The first-order valence-electron chi connectivity index (χ1n) is 11.5. The summed E-state index contributed by atoms with van der Waals surface area (Å²) in [6.45, 7) is 1.39. The standard InChI is InChI=1S/C24H22N8O4/c33-15-4-8-30(9-5-15)14-1-2-19(26-11-14)29-18-12-27-21(16-3-6-28-32-10-7-25-22(16)32)17-13-31(24(35)36)23(34)20(17)18/h1-3,6-7,10-12,15,33H,4-5,8-9,13H2,(H,26,29)(H,35,36). The molecule has 3 N–H and O–H groups in total. The summed E-state index contributed by atoms with van der Waals surface area (Å²) in [7, 11) is 0. The number of carbonyl (C=O) groups is 2. The van der Waals surface area contributed by atoms with Crippen LogP contribution >= 0.6 is 0 Å². The second kappa shape index (κ2) is 8.57. The Kier molecular flexibility index (Phi) is 5.22. The minimum atomic E-state index is -1.33. The van der Waals surface area contributed by atoms with Gasteiger partial charge in [0.2, 0.25) is 0 Å². The summed E-state index contributed by atoms with van der Waals surface area (Å²) in [6.07, 6.45) is 8.01. The summed E-state index contributed by atoms with van der Waals surface area (Å²) in [5.74, 6) is -0.130. The van der Waals surface area contributed by atoms with Crippen molar-refractivity contribution in [3.05, 3.63) is 60.3 Å². The summed E-state index contributed by atoms with van der Waals surface area (Å²) in [4.78, 5) is 41.3. The Morgan fingerprint density at radius 2 is 1.89 bits per heavy atom. The average molecular weight is 486 g/mol. The van der Waals surface area contributed by atoms with E-state index in [4.69, 9.17) is 0 Å². The van der Waals surface area contributed by atoms with Crippen molar-refractivity contribution in [3.8, 4) is 11.3 Å². The first kappa shape index (κ1) is 21.9. The fourth-order valence-corrected chi connectivity index (χ4v) is 4.73. The van der Waals surface area contributed by atoms with Crippen LogP contribution in [0, 0.1) is 0 Å². The predicted octanol–water partition coefficient (Wildman–Crippen LogP) is 2.52. The van der Waals surface area contributed by atoms with Crippen molar-refractivity contribution in [2.45, 2.75) is 25.5 Å². The van der Waals surface area contributed by atoms with Gasteiger partial charge >= 0.3 is 6.09 Å². The monoisotopic (exact) mass is 486 g/mol. The molecule has 0 aromatic carbocycles. The van der Waals surface area contributed by atoms with Gasteiger partial charge in [-0.2, -0.15) is 5.10 Å². The number of hydrogen-bond donors (Lipinski definition) is 3. The van der Waals surface area contributed by atoms with Crippen molar-refractivity contribution in [1.29, 1.82) is 0 Å². The number of hydrogen-bond acceptors (Lipinski definition) is 9. The van der Waals surface area contributed by atoms with E-state index in [-0.39, 0.29) is 18.2 Å². The van der Waals surface area contributed by atoms with Crippen LogP contribution in [0.25, 0.3) is 16.9 Å². The van der Waals surface area contributed by atoms with E-state index in [1.807, 2.05) is 6.07 Å². The van der Waals surface area contributed by atoms with Gasteiger partial charge in [0.15, 0.2) is 5.65 Å². The highest BCUT2D eigenvalue weighted by Crippen LogP contribution is 2.37. The molecule has 2 aliphatic heterocycles. The summed E-state index contributed by atoms with van der Waals surface area (Å²) < 4.78 is 1.59. The van der Waals surface area contributed by atoms with E-state index < -0.39 is 12.0 Å². The second-order valence-corrected chi connectivity index (χ2v) is 8.73. The highest BCUT2D eigenvalue weighted by molar-refractivity contribution is 6.11. The maximum atomic E-state index is 13.1. The number of fused-ring (bicyclic) bond motifs is 2. The number of aliphatic hydroxyl groups is 1. The SMILES string of the molecule is O=C(O)N1Cc2c(-c3ccnn4ccnc34)ncc(Nc3ccc(N4CCC(O)CC4)cn3)c2C1=O. The summed E-state index contributed by atoms with van der Waals surface area (Å²) in [6, 6.07) is 5.46. The first-order chi connectivity index (χ1) is 17.5. The topological polar surface area (TPSA) is 149 Å². The zero-order valence-electron chi connectivity index (χ0n) is 19.1. The van der Waals surface area contributed by atoms with Crippen LogP contribution in [-0.4, -0.2) is 70.9 Å². The Bertz CT molecular complexity index is 1480. The Labute approximate surface area is 204 Å². The molecular formula is C24H22N8O4. The number of rotatable bonds is 4. The molecule has 4 aromatic heterocycles. The minimum Gasteiger partial charge on any atom is -0.465 e. The third-order valence-electron chi connectivity index (χ3n) is 6.58. The van der Waals surface area contributed by atoms with Gasteiger partial charge in [0.1, 0.15) is 5.82 Å². The number of piperidine rings is 1. The van der Waals surface area contributed by atoms with E-state index in [0.717, 1.165) is 36.5 Å². The maximum absolute atomic E-state index is 13.1. The molecule has 4 aromatic rings. The summed E-state index contributed by atoms with van der Waals surface area (Å²) in [5.41, 5.74) is 3.72. The van der Waals surface area contributed by atoms with Crippen molar-refractivity contribution in [3.63, 3.8) is 0 Å². The van der Waals surface area contributed by atoms with Gasteiger partial charge in [-0.15, -0.1) is 0 Å². The highest BCUT2D eigenvalue weighted by atomic mass is 16.4. The maximum Gasteiger partial charge on any atom is 0.414 e. The molecular weight excluding hydrogens is 464 g/mol. The van der Waals surface area contributed by atoms with Crippen LogP contribution in [0.5, 0.6) is 0 Å². The lowest BCUT2D eigenvalue weighted by Gasteiger charge is -2.31.